The highest BCUT2D eigenvalue weighted by atomic mass is 16.5. The van der Waals surface area contributed by atoms with Crippen LogP contribution in [0.5, 0.6) is 0 Å². The van der Waals surface area contributed by atoms with Gasteiger partial charge in [-0.15, -0.1) is 5.10 Å². The Kier molecular flexibility index (Phi) is 3.61. The summed E-state index contributed by atoms with van der Waals surface area (Å²) in [7, 11) is 0. The predicted octanol–water partition coefficient (Wildman–Crippen LogP) is 1.74. The van der Waals surface area contributed by atoms with E-state index in [1.807, 2.05) is 31.2 Å². The van der Waals surface area contributed by atoms with E-state index in [2.05, 4.69) is 11.7 Å². The molecule has 0 aliphatic carbocycles. The number of carboxylic acid groups (broad SMARTS) is 1. The Morgan fingerprint density at radius 3 is 2.78 bits per heavy atom. The normalized spacial score (nSPS) is 11.0. The average Bonchev–Trinajstić information content (AvgIpc) is 2.90. The molecule has 23 heavy (non-hydrogen) atoms. The molecule has 0 bridgehead atoms. The molecular weight excluding hydrogens is 298 g/mol. The van der Waals surface area contributed by atoms with Crippen LogP contribution in [-0.4, -0.2) is 31.9 Å². The van der Waals surface area contributed by atoms with Crippen molar-refractivity contribution in [2.45, 2.75) is 13.5 Å². The van der Waals surface area contributed by atoms with Crippen LogP contribution in [0.3, 0.4) is 0 Å². The van der Waals surface area contributed by atoms with Crippen molar-refractivity contribution in [1.29, 1.82) is 0 Å². The third-order valence-corrected chi connectivity index (χ3v) is 3.44. The molecular formula is C16H15N3O4. The average molecular weight is 313 g/mol. The smallest absolute Gasteiger partial charge is 0.325 e. The molecule has 0 atom stereocenters. The SMILES string of the molecule is C=C(OCC)c1nn(CC(=O)O)c(=O)c2cc3ccccc3n12. The van der Waals surface area contributed by atoms with Crippen molar-refractivity contribution in [2.24, 2.45) is 0 Å². The fourth-order valence-corrected chi connectivity index (χ4v) is 2.53. The van der Waals surface area contributed by atoms with Gasteiger partial charge in [0, 0.05) is 5.39 Å². The first kappa shape index (κ1) is 14.8. The zero-order chi connectivity index (χ0) is 16.6. The summed E-state index contributed by atoms with van der Waals surface area (Å²) < 4.78 is 7.97. The zero-order valence-electron chi connectivity index (χ0n) is 12.5. The molecule has 0 radical (unpaired) electrons. The van der Waals surface area contributed by atoms with Gasteiger partial charge in [-0.25, -0.2) is 4.68 Å². The highest BCUT2D eigenvalue weighted by molar-refractivity contribution is 5.88. The minimum atomic E-state index is -1.15. The fraction of sp³-hybridized carbons (Fsp3) is 0.188. The molecule has 0 fully saturated rings. The highest BCUT2D eigenvalue weighted by Crippen LogP contribution is 2.22. The first-order chi connectivity index (χ1) is 11.0. The number of hydrogen-bond acceptors (Lipinski definition) is 4. The minimum absolute atomic E-state index is 0.276. The number of aromatic nitrogens is 3. The van der Waals surface area contributed by atoms with Crippen LogP contribution >= 0.6 is 0 Å². The van der Waals surface area contributed by atoms with Gasteiger partial charge in [0.1, 0.15) is 12.1 Å². The van der Waals surface area contributed by atoms with Crippen LogP contribution in [0.4, 0.5) is 0 Å². The minimum Gasteiger partial charge on any atom is -0.491 e. The number of rotatable bonds is 5. The number of carboxylic acids is 1. The van der Waals surface area contributed by atoms with Gasteiger partial charge in [-0.05, 0) is 19.1 Å². The molecule has 0 spiro atoms. The second kappa shape index (κ2) is 5.60. The molecule has 1 N–H and O–H groups in total. The molecule has 3 rings (SSSR count). The Bertz CT molecular complexity index is 984. The Morgan fingerprint density at radius 1 is 1.35 bits per heavy atom. The molecule has 118 valence electrons. The lowest BCUT2D eigenvalue weighted by molar-refractivity contribution is -0.138. The third kappa shape index (κ3) is 2.46. The quantitative estimate of drug-likeness (QED) is 0.725. The maximum Gasteiger partial charge on any atom is 0.325 e. The number of aliphatic carboxylic acids is 1. The maximum atomic E-state index is 12.5. The van der Waals surface area contributed by atoms with Crippen molar-refractivity contribution in [3.63, 3.8) is 0 Å². The summed E-state index contributed by atoms with van der Waals surface area (Å²) >= 11 is 0. The van der Waals surface area contributed by atoms with Crippen LogP contribution in [-0.2, 0) is 16.1 Å². The number of fused-ring (bicyclic) bond motifs is 3. The van der Waals surface area contributed by atoms with Gasteiger partial charge in [-0.2, -0.15) is 0 Å². The van der Waals surface area contributed by atoms with Crippen molar-refractivity contribution < 1.29 is 14.6 Å². The molecule has 3 aromatic rings. The summed E-state index contributed by atoms with van der Waals surface area (Å²) in [6.45, 7) is 5.51. The monoisotopic (exact) mass is 313 g/mol. The van der Waals surface area contributed by atoms with Gasteiger partial charge in [0.25, 0.3) is 5.56 Å². The first-order valence-electron chi connectivity index (χ1n) is 7.08. The van der Waals surface area contributed by atoms with Crippen LogP contribution in [0.25, 0.3) is 22.2 Å². The Morgan fingerprint density at radius 2 is 2.09 bits per heavy atom. The van der Waals surface area contributed by atoms with E-state index in [1.165, 1.54) is 0 Å². The number of nitrogens with zero attached hydrogens (tertiary/aromatic N) is 3. The lowest BCUT2D eigenvalue weighted by Crippen LogP contribution is -2.29. The molecule has 0 unspecified atom stereocenters. The zero-order valence-corrected chi connectivity index (χ0v) is 12.5. The van der Waals surface area contributed by atoms with E-state index >= 15 is 0 Å². The molecule has 0 saturated heterocycles. The van der Waals surface area contributed by atoms with Crippen LogP contribution in [0, 0.1) is 0 Å². The summed E-state index contributed by atoms with van der Waals surface area (Å²) in [5, 5.41) is 14.0. The van der Waals surface area contributed by atoms with Gasteiger partial charge < -0.3 is 9.84 Å². The van der Waals surface area contributed by atoms with Crippen molar-refractivity contribution >= 4 is 28.1 Å². The van der Waals surface area contributed by atoms with Crippen LogP contribution in [0.15, 0.2) is 41.7 Å². The Hall–Kier alpha value is -3.09. The van der Waals surface area contributed by atoms with Crippen molar-refractivity contribution in [3.8, 4) is 0 Å². The van der Waals surface area contributed by atoms with Crippen LogP contribution in [0.1, 0.15) is 12.7 Å². The van der Waals surface area contributed by atoms with E-state index in [9.17, 15) is 9.59 Å². The van der Waals surface area contributed by atoms with Crippen molar-refractivity contribution in [3.05, 3.63) is 53.1 Å². The summed E-state index contributed by atoms with van der Waals surface area (Å²) in [6, 6.07) is 9.15. The number of ether oxygens (including phenoxy) is 1. The molecule has 2 heterocycles. The maximum absolute atomic E-state index is 12.5. The van der Waals surface area contributed by atoms with Crippen LogP contribution < -0.4 is 5.56 Å². The Labute approximate surface area is 131 Å². The molecule has 0 saturated carbocycles. The molecule has 2 aromatic heterocycles. The Balaban J connectivity index is 2.41. The number of carbonyl (C=O) groups is 1. The number of benzene rings is 1. The first-order valence-corrected chi connectivity index (χ1v) is 7.08. The standard InChI is InChI=1S/C16H15N3O4/c1-3-23-10(2)15-17-18(9-14(20)21)16(22)13-8-11-6-4-5-7-12(11)19(13)15/h4-8H,2-3,9H2,1H3,(H,20,21). The second-order valence-corrected chi connectivity index (χ2v) is 4.96. The van der Waals surface area contributed by atoms with E-state index in [0.29, 0.717) is 17.9 Å². The van der Waals surface area contributed by atoms with E-state index in [1.54, 1.807) is 10.5 Å². The van der Waals surface area contributed by atoms with Gasteiger partial charge in [0.15, 0.2) is 11.6 Å². The number of para-hydroxylation sites is 1. The van der Waals surface area contributed by atoms with E-state index in [-0.39, 0.29) is 5.76 Å². The highest BCUT2D eigenvalue weighted by Gasteiger charge is 2.17. The van der Waals surface area contributed by atoms with E-state index < -0.39 is 18.1 Å². The summed E-state index contributed by atoms with van der Waals surface area (Å²) in [5.74, 6) is -0.560. The largest absolute Gasteiger partial charge is 0.491 e. The predicted molar refractivity (Wildman–Crippen MR) is 85.3 cm³/mol. The lowest BCUT2D eigenvalue weighted by atomic mass is 10.2. The topological polar surface area (TPSA) is 85.8 Å². The second-order valence-electron chi connectivity index (χ2n) is 4.96. The molecule has 7 heteroatoms. The third-order valence-electron chi connectivity index (χ3n) is 3.44. The van der Waals surface area contributed by atoms with Crippen LogP contribution in [0.2, 0.25) is 0 Å². The molecule has 0 aliphatic rings. The van der Waals surface area contributed by atoms with Crippen molar-refractivity contribution in [1.82, 2.24) is 14.2 Å². The summed E-state index contributed by atoms with van der Waals surface area (Å²) in [6.07, 6.45) is 0. The van der Waals surface area contributed by atoms with Crippen molar-refractivity contribution in [2.75, 3.05) is 6.61 Å². The lowest BCUT2D eigenvalue weighted by Gasteiger charge is -2.12. The van der Waals surface area contributed by atoms with Gasteiger partial charge in [-0.1, -0.05) is 24.8 Å². The molecule has 0 aliphatic heterocycles. The van der Waals surface area contributed by atoms with E-state index in [0.717, 1.165) is 15.6 Å². The van der Waals surface area contributed by atoms with E-state index in [4.69, 9.17) is 9.84 Å². The molecule has 1 aromatic carbocycles. The van der Waals surface area contributed by atoms with Gasteiger partial charge in [0.05, 0.1) is 12.1 Å². The fourth-order valence-electron chi connectivity index (χ4n) is 2.53. The number of hydrogen-bond donors (Lipinski definition) is 1. The molecule has 0 amide bonds. The molecule has 7 nitrogen and oxygen atoms in total. The summed E-state index contributed by atoms with van der Waals surface area (Å²) in [4.78, 5) is 23.5. The summed E-state index contributed by atoms with van der Waals surface area (Å²) in [5.41, 5.74) is 0.639. The van der Waals surface area contributed by atoms with Gasteiger partial charge in [-0.3, -0.25) is 14.0 Å². The van der Waals surface area contributed by atoms with Gasteiger partial charge >= 0.3 is 5.97 Å². The van der Waals surface area contributed by atoms with Gasteiger partial charge in [0.2, 0.25) is 0 Å².